The van der Waals surface area contributed by atoms with Crippen molar-refractivity contribution in [3.63, 3.8) is 0 Å². The molecule has 1 aliphatic rings. The highest BCUT2D eigenvalue weighted by atomic mass is 16.5. The molecule has 0 spiro atoms. The van der Waals surface area contributed by atoms with Gasteiger partial charge in [-0.05, 0) is 13.0 Å². The Kier molecular flexibility index (Phi) is 3.33. The van der Waals surface area contributed by atoms with E-state index in [0.29, 0.717) is 0 Å². The predicted octanol–water partition coefficient (Wildman–Crippen LogP) is -0.533. The van der Waals surface area contributed by atoms with Gasteiger partial charge in [0.2, 0.25) is 0 Å². The smallest absolute Gasteiger partial charge is 0.328 e. The molecule has 0 saturated carbocycles. The minimum Gasteiger partial charge on any atom is -0.467 e. The maximum atomic E-state index is 12.2. The zero-order valence-corrected chi connectivity index (χ0v) is 10.2. The van der Waals surface area contributed by atoms with Crippen LogP contribution in [0.25, 0.3) is 0 Å². The van der Waals surface area contributed by atoms with E-state index >= 15 is 0 Å². The van der Waals surface area contributed by atoms with Gasteiger partial charge in [0.05, 0.1) is 13.2 Å². The quantitative estimate of drug-likeness (QED) is 0.690. The van der Waals surface area contributed by atoms with Crippen LogP contribution in [0.5, 0.6) is 0 Å². The van der Waals surface area contributed by atoms with E-state index in [-0.39, 0.29) is 24.6 Å². The Hall–Kier alpha value is -1.89. The van der Waals surface area contributed by atoms with Gasteiger partial charge in [-0.2, -0.15) is 5.10 Å². The summed E-state index contributed by atoms with van der Waals surface area (Å²) in [7, 11) is 1.26. The van der Waals surface area contributed by atoms with Gasteiger partial charge in [-0.1, -0.05) is 0 Å². The fourth-order valence-corrected chi connectivity index (χ4v) is 2.07. The summed E-state index contributed by atoms with van der Waals surface area (Å²) in [6, 6.07) is 0.857. The highest BCUT2D eigenvalue weighted by molar-refractivity contribution is 5.95. The van der Waals surface area contributed by atoms with Crippen molar-refractivity contribution in [2.75, 3.05) is 13.7 Å². The Morgan fingerprint density at radius 2 is 2.33 bits per heavy atom. The second-order valence-corrected chi connectivity index (χ2v) is 4.32. The van der Waals surface area contributed by atoms with Gasteiger partial charge in [0.1, 0.15) is 11.7 Å². The van der Waals surface area contributed by atoms with Gasteiger partial charge in [0.15, 0.2) is 0 Å². The number of nitrogens with one attached hydrogen (secondary N) is 1. The zero-order chi connectivity index (χ0) is 13.3. The number of β-amino-alcohol motifs (C(OH)–C–C–N with tert-alkyl or cyclic N) is 1. The summed E-state index contributed by atoms with van der Waals surface area (Å²) in [6.45, 7) is 1.89. The molecule has 2 heterocycles. The van der Waals surface area contributed by atoms with Crippen LogP contribution in [-0.4, -0.2) is 57.9 Å². The molecule has 1 saturated heterocycles. The molecule has 0 aromatic carbocycles. The Morgan fingerprint density at radius 3 is 2.89 bits per heavy atom. The first kappa shape index (κ1) is 12.6. The zero-order valence-electron chi connectivity index (χ0n) is 10.2. The second kappa shape index (κ2) is 4.77. The molecular weight excluding hydrogens is 238 g/mol. The van der Waals surface area contributed by atoms with Crippen molar-refractivity contribution in [3.05, 3.63) is 17.5 Å². The average Bonchev–Trinajstić information content (AvgIpc) is 2.93. The number of likely N-dealkylation sites (tertiary alicyclic amines) is 1. The van der Waals surface area contributed by atoms with Crippen LogP contribution >= 0.6 is 0 Å². The van der Waals surface area contributed by atoms with E-state index in [4.69, 9.17) is 0 Å². The lowest BCUT2D eigenvalue weighted by Gasteiger charge is -2.21. The molecule has 0 aliphatic carbocycles. The standard InChI is InChI=1S/C11H15N3O4/c1-6-3-8(13-12-6)10(16)14-5-7(15)4-9(14)11(17)18-2/h3,7,9,15H,4-5H2,1-2H3,(H,12,13). The van der Waals surface area contributed by atoms with Gasteiger partial charge in [-0.15, -0.1) is 0 Å². The van der Waals surface area contributed by atoms with Crippen molar-refractivity contribution < 1.29 is 19.4 Å². The number of aromatic nitrogens is 2. The normalized spacial score (nSPS) is 23.2. The summed E-state index contributed by atoms with van der Waals surface area (Å²) >= 11 is 0. The highest BCUT2D eigenvalue weighted by Crippen LogP contribution is 2.21. The van der Waals surface area contributed by atoms with E-state index in [1.165, 1.54) is 12.0 Å². The van der Waals surface area contributed by atoms with E-state index in [9.17, 15) is 14.7 Å². The number of aliphatic hydroxyl groups is 1. The number of aromatic amines is 1. The molecule has 1 aromatic heterocycles. The molecule has 1 fully saturated rings. The lowest BCUT2D eigenvalue weighted by atomic mass is 10.2. The van der Waals surface area contributed by atoms with Gasteiger partial charge in [-0.25, -0.2) is 4.79 Å². The maximum absolute atomic E-state index is 12.2. The molecule has 2 unspecified atom stereocenters. The first-order valence-electron chi connectivity index (χ1n) is 5.61. The first-order chi connectivity index (χ1) is 8.52. The highest BCUT2D eigenvalue weighted by Gasteiger charge is 2.40. The van der Waals surface area contributed by atoms with Crippen LogP contribution in [-0.2, 0) is 9.53 Å². The number of aliphatic hydroxyl groups excluding tert-OH is 1. The molecule has 2 rings (SSSR count). The molecule has 0 radical (unpaired) electrons. The van der Waals surface area contributed by atoms with Crippen LogP contribution in [0.2, 0.25) is 0 Å². The van der Waals surface area contributed by atoms with E-state index < -0.39 is 18.1 Å². The Labute approximate surface area is 104 Å². The van der Waals surface area contributed by atoms with Crippen molar-refractivity contribution in [1.82, 2.24) is 15.1 Å². The van der Waals surface area contributed by atoms with Crippen LogP contribution in [0.1, 0.15) is 22.6 Å². The lowest BCUT2D eigenvalue weighted by Crippen LogP contribution is -2.41. The Morgan fingerprint density at radius 1 is 1.61 bits per heavy atom. The van der Waals surface area contributed by atoms with Gasteiger partial charge in [0.25, 0.3) is 5.91 Å². The van der Waals surface area contributed by atoms with Crippen molar-refractivity contribution in [2.45, 2.75) is 25.5 Å². The van der Waals surface area contributed by atoms with E-state index in [1.54, 1.807) is 13.0 Å². The summed E-state index contributed by atoms with van der Waals surface area (Å²) in [4.78, 5) is 25.0. The third-order valence-electron chi connectivity index (χ3n) is 2.94. The van der Waals surface area contributed by atoms with E-state index in [2.05, 4.69) is 14.9 Å². The number of amides is 1. The predicted molar refractivity (Wildman–Crippen MR) is 60.8 cm³/mol. The van der Waals surface area contributed by atoms with Crippen molar-refractivity contribution in [1.29, 1.82) is 0 Å². The molecule has 7 nitrogen and oxygen atoms in total. The molecular formula is C11H15N3O4. The minimum atomic E-state index is -0.741. The number of rotatable bonds is 2. The fraction of sp³-hybridized carbons (Fsp3) is 0.545. The van der Waals surface area contributed by atoms with E-state index in [0.717, 1.165) is 5.69 Å². The van der Waals surface area contributed by atoms with Crippen molar-refractivity contribution in [3.8, 4) is 0 Å². The minimum absolute atomic E-state index is 0.116. The van der Waals surface area contributed by atoms with Gasteiger partial charge >= 0.3 is 5.97 Å². The summed E-state index contributed by atoms with van der Waals surface area (Å²) in [5.74, 6) is -0.904. The van der Waals surface area contributed by atoms with Crippen LogP contribution < -0.4 is 0 Å². The number of methoxy groups -OCH3 is 1. The topological polar surface area (TPSA) is 95.5 Å². The van der Waals surface area contributed by atoms with Gasteiger partial charge < -0.3 is 14.7 Å². The maximum Gasteiger partial charge on any atom is 0.328 e. The number of esters is 1. The van der Waals surface area contributed by atoms with Crippen LogP contribution in [0, 0.1) is 6.92 Å². The van der Waals surface area contributed by atoms with E-state index in [1.807, 2.05) is 0 Å². The number of hydrogen-bond donors (Lipinski definition) is 2. The summed E-state index contributed by atoms with van der Waals surface area (Å²) in [5, 5.41) is 16.1. The second-order valence-electron chi connectivity index (χ2n) is 4.32. The lowest BCUT2D eigenvalue weighted by molar-refractivity contribution is -0.145. The fourth-order valence-electron chi connectivity index (χ4n) is 2.07. The third kappa shape index (κ3) is 2.21. The van der Waals surface area contributed by atoms with Crippen LogP contribution in [0.3, 0.4) is 0 Å². The molecule has 1 amide bonds. The Bertz CT molecular complexity index is 471. The van der Waals surface area contributed by atoms with Crippen LogP contribution in [0.15, 0.2) is 6.07 Å². The largest absolute Gasteiger partial charge is 0.467 e. The van der Waals surface area contributed by atoms with Gasteiger partial charge in [0, 0.05) is 18.7 Å². The molecule has 18 heavy (non-hydrogen) atoms. The van der Waals surface area contributed by atoms with Gasteiger partial charge in [-0.3, -0.25) is 9.89 Å². The summed E-state index contributed by atoms with van der Waals surface area (Å²) < 4.78 is 4.63. The number of aryl methyl sites for hydroxylation is 1. The molecule has 98 valence electrons. The Balaban J connectivity index is 2.20. The number of hydrogen-bond acceptors (Lipinski definition) is 5. The number of ether oxygens (including phenoxy) is 1. The number of carbonyl (C=O) groups excluding carboxylic acids is 2. The third-order valence-corrected chi connectivity index (χ3v) is 2.94. The molecule has 1 aromatic rings. The summed E-state index contributed by atoms with van der Waals surface area (Å²) in [5.41, 5.74) is 0.989. The number of H-pyrrole nitrogens is 1. The van der Waals surface area contributed by atoms with Crippen molar-refractivity contribution >= 4 is 11.9 Å². The monoisotopic (exact) mass is 253 g/mol. The average molecular weight is 253 g/mol. The summed E-state index contributed by atoms with van der Waals surface area (Å²) in [6.07, 6.45) is -0.514. The SMILES string of the molecule is COC(=O)C1CC(O)CN1C(=O)c1cc(C)[nH]n1. The van der Waals surface area contributed by atoms with Crippen LogP contribution in [0.4, 0.5) is 0 Å². The molecule has 1 aliphatic heterocycles. The molecule has 2 atom stereocenters. The molecule has 7 heteroatoms. The number of nitrogens with zero attached hydrogens (tertiary/aromatic N) is 2. The molecule has 0 bridgehead atoms. The first-order valence-corrected chi connectivity index (χ1v) is 5.61. The molecule has 2 N–H and O–H groups in total. The number of carbonyl (C=O) groups is 2. The van der Waals surface area contributed by atoms with Crippen molar-refractivity contribution in [2.24, 2.45) is 0 Å².